The van der Waals surface area contributed by atoms with Gasteiger partial charge in [0.15, 0.2) is 0 Å². The second-order valence-corrected chi connectivity index (χ2v) is 6.15. The van der Waals surface area contributed by atoms with Gasteiger partial charge in [-0.25, -0.2) is 0 Å². The van der Waals surface area contributed by atoms with E-state index < -0.39 is 0 Å². The fraction of sp³-hybridized carbons (Fsp3) is 0.812. The van der Waals surface area contributed by atoms with Gasteiger partial charge in [0.05, 0.1) is 23.0 Å². The number of nitrogens with zero attached hydrogens (tertiary/aromatic N) is 3. The Balaban J connectivity index is 2.88. The Labute approximate surface area is 134 Å². The van der Waals surface area contributed by atoms with E-state index in [0.29, 0.717) is 6.04 Å². The SMILES string of the molecule is CCCNC(CCN(CC)CC)c1c(Cl)cnn1C(C)C. The van der Waals surface area contributed by atoms with Gasteiger partial charge in [0.2, 0.25) is 0 Å². The van der Waals surface area contributed by atoms with Crippen LogP contribution in [0.3, 0.4) is 0 Å². The van der Waals surface area contributed by atoms with E-state index in [1.807, 2.05) is 0 Å². The Morgan fingerprint density at radius 1 is 1.29 bits per heavy atom. The molecule has 1 aromatic heterocycles. The highest BCUT2D eigenvalue weighted by Gasteiger charge is 2.21. The second-order valence-electron chi connectivity index (χ2n) is 5.74. The molecular formula is C16H31ClN4. The van der Waals surface area contributed by atoms with Gasteiger partial charge in [-0.1, -0.05) is 32.4 Å². The summed E-state index contributed by atoms with van der Waals surface area (Å²) >= 11 is 6.41. The molecular weight excluding hydrogens is 284 g/mol. The topological polar surface area (TPSA) is 33.1 Å². The van der Waals surface area contributed by atoms with Crippen molar-refractivity contribution in [3.8, 4) is 0 Å². The minimum Gasteiger partial charge on any atom is -0.309 e. The Kier molecular flexibility index (Phi) is 8.30. The first-order valence-corrected chi connectivity index (χ1v) is 8.61. The fourth-order valence-corrected chi connectivity index (χ4v) is 2.86. The maximum atomic E-state index is 6.41. The second kappa shape index (κ2) is 9.44. The molecule has 1 unspecified atom stereocenters. The van der Waals surface area contributed by atoms with E-state index in [9.17, 15) is 0 Å². The first-order chi connectivity index (χ1) is 10.0. The van der Waals surface area contributed by atoms with Crippen molar-refractivity contribution in [3.63, 3.8) is 0 Å². The highest BCUT2D eigenvalue weighted by atomic mass is 35.5. The minimum atomic E-state index is 0.267. The molecule has 5 heteroatoms. The first kappa shape index (κ1) is 18.5. The highest BCUT2D eigenvalue weighted by Crippen LogP contribution is 2.27. The van der Waals surface area contributed by atoms with E-state index in [0.717, 1.165) is 49.7 Å². The van der Waals surface area contributed by atoms with Crippen molar-refractivity contribution in [2.24, 2.45) is 0 Å². The summed E-state index contributed by atoms with van der Waals surface area (Å²) in [4.78, 5) is 2.45. The molecule has 1 aromatic rings. The lowest BCUT2D eigenvalue weighted by Gasteiger charge is -2.25. The van der Waals surface area contributed by atoms with E-state index in [4.69, 9.17) is 11.6 Å². The molecule has 1 atom stereocenters. The molecule has 0 saturated carbocycles. The zero-order valence-electron chi connectivity index (χ0n) is 14.2. The van der Waals surface area contributed by atoms with E-state index in [1.165, 1.54) is 0 Å². The molecule has 4 nitrogen and oxygen atoms in total. The summed E-state index contributed by atoms with van der Waals surface area (Å²) in [6.07, 6.45) is 3.95. The van der Waals surface area contributed by atoms with Crippen LogP contribution >= 0.6 is 11.6 Å². The molecule has 0 fully saturated rings. The van der Waals surface area contributed by atoms with Crippen molar-refractivity contribution in [2.45, 2.75) is 59.5 Å². The summed E-state index contributed by atoms with van der Waals surface area (Å²) in [6.45, 7) is 15.2. The number of rotatable bonds is 10. The molecule has 0 aromatic carbocycles. The monoisotopic (exact) mass is 314 g/mol. The van der Waals surface area contributed by atoms with E-state index in [-0.39, 0.29) is 6.04 Å². The Morgan fingerprint density at radius 3 is 2.48 bits per heavy atom. The number of halogens is 1. The zero-order valence-corrected chi connectivity index (χ0v) is 15.0. The van der Waals surface area contributed by atoms with Crippen LogP contribution in [0.25, 0.3) is 0 Å². The molecule has 0 bridgehead atoms. The summed E-state index contributed by atoms with van der Waals surface area (Å²) in [5.74, 6) is 0. The third kappa shape index (κ3) is 5.28. The maximum Gasteiger partial charge on any atom is 0.0834 e. The number of nitrogens with one attached hydrogen (secondary N) is 1. The molecule has 1 heterocycles. The average molecular weight is 315 g/mol. The van der Waals surface area contributed by atoms with Crippen molar-refractivity contribution in [1.82, 2.24) is 20.0 Å². The van der Waals surface area contributed by atoms with Crippen molar-refractivity contribution in [3.05, 3.63) is 16.9 Å². The van der Waals surface area contributed by atoms with Gasteiger partial charge in [0.1, 0.15) is 0 Å². The maximum absolute atomic E-state index is 6.41. The summed E-state index contributed by atoms with van der Waals surface area (Å²) < 4.78 is 2.05. The molecule has 1 rings (SSSR count). The van der Waals surface area contributed by atoms with Crippen molar-refractivity contribution in [1.29, 1.82) is 0 Å². The average Bonchev–Trinajstić information content (AvgIpc) is 2.85. The van der Waals surface area contributed by atoms with Crippen LogP contribution in [0, 0.1) is 0 Å². The normalized spacial score (nSPS) is 13.3. The summed E-state index contributed by atoms with van der Waals surface area (Å²) in [5, 5.41) is 8.86. The molecule has 1 N–H and O–H groups in total. The number of hydrogen-bond acceptors (Lipinski definition) is 3. The van der Waals surface area contributed by atoms with Crippen LogP contribution in [-0.4, -0.2) is 40.9 Å². The third-order valence-electron chi connectivity index (χ3n) is 3.88. The van der Waals surface area contributed by atoms with Gasteiger partial charge in [-0.05, 0) is 52.9 Å². The van der Waals surface area contributed by atoms with Crippen LogP contribution in [0.1, 0.15) is 65.2 Å². The standard InChI is InChI=1S/C16H31ClN4/c1-6-10-18-15(9-11-20(7-2)8-3)16-14(17)12-19-21(16)13(4)5/h12-13,15,18H,6-11H2,1-5H3. The lowest BCUT2D eigenvalue weighted by atomic mass is 10.1. The quantitative estimate of drug-likeness (QED) is 0.711. The summed E-state index contributed by atoms with van der Waals surface area (Å²) in [5.41, 5.74) is 1.13. The molecule has 0 aliphatic carbocycles. The highest BCUT2D eigenvalue weighted by molar-refractivity contribution is 6.31. The van der Waals surface area contributed by atoms with Crippen LogP contribution in [0.15, 0.2) is 6.20 Å². The minimum absolute atomic E-state index is 0.267. The van der Waals surface area contributed by atoms with Crippen molar-refractivity contribution >= 4 is 11.6 Å². The third-order valence-corrected chi connectivity index (χ3v) is 4.17. The van der Waals surface area contributed by atoms with E-state index in [2.05, 4.69) is 54.6 Å². The van der Waals surface area contributed by atoms with Gasteiger partial charge in [-0.3, -0.25) is 4.68 Å². The van der Waals surface area contributed by atoms with E-state index in [1.54, 1.807) is 6.20 Å². The number of aromatic nitrogens is 2. The van der Waals surface area contributed by atoms with Gasteiger partial charge >= 0.3 is 0 Å². The Morgan fingerprint density at radius 2 is 1.95 bits per heavy atom. The Hall–Kier alpha value is -0.580. The van der Waals surface area contributed by atoms with Crippen molar-refractivity contribution < 1.29 is 0 Å². The van der Waals surface area contributed by atoms with Crippen LogP contribution in [0.5, 0.6) is 0 Å². The summed E-state index contributed by atoms with van der Waals surface area (Å²) in [6, 6.07) is 0.592. The summed E-state index contributed by atoms with van der Waals surface area (Å²) in [7, 11) is 0. The van der Waals surface area contributed by atoms with Crippen LogP contribution in [0.4, 0.5) is 0 Å². The number of hydrogen-bond donors (Lipinski definition) is 1. The van der Waals surface area contributed by atoms with Gasteiger partial charge in [-0.2, -0.15) is 5.10 Å². The van der Waals surface area contributed by atoms with Crippen LogP contribution < -0.4 is 5.32 Å². The predicted molar refractivity (Wildman–Crippen MR) is 91.1 cm³/mol. The fourth-order valence-electron chi connectivity index (χ4n) is 2.59. The molecule has 0 spiro atoms. The predicted octanol–water partition coefficient (Wildman–Crippen LogP) is 3.89. The molecule has 0 aliphatic heterocycles. The molecule has 0 radical (unpaired) electrons. The van der Waals surface area contributed by atoms with Crippen molar-refractivity contribution in [2.75, 3.05) is 26.2 Å². The van der Waals surface area contributed by atoms with Gasteiger partial charge in [0, 0.05) is 6.04 Å². The largest absolute Gasteiger partial charge is 0.309 e. The van der Waals surface area contributed by atoms with Gasteiger partial charge in [0.25, 0.3) is 0 Å². The zero-order chi connectivity index (χ0) is 15.8. The Bertz CT molecular complexity index is 399. The van der Waals surface area contributed by atoms with Crippen LogP contribution in [-0.2, 0) is 0 Å². The first-order valence-electron chi connectivity index (χ1n) is 8.23. The smallest absolute Gasteiger partial charge is 0.0834 e. The lowest BCUT2D eigenvalue weighted by molar-refractivity contribution is 0.277. The van der Waals surface area contributed by atoms with Crippen LogP contribution in [0.2, 0.25) is 5.02 Å². The molecule has 0 saturated heterocycles. The molecule has 122 valence electrons. The van der Waals surface area contributed by atoms with Gasteiger partial charge in [-0.15, -0.1) is 0 Å². The van der Waals surface area contributed by atoms with Gasteiger partial charge < -0.3 is 10.2 Å². The lowest BCUT2D eigenvalue weighted by Crippen LogP contribution is -2.31. The molecule has 0 amide bonds. The van der Waals surface area contributed by atoms with E-state index >= 15 is 0 Å². The molecule has 0 aliphatic rings. The molecule has 21 heavy (non-hydrogen) atoms.